The summed E-state index contributed by atoms with van der Waals surface area (Å²) in [5, 5.41) is 10.8. The van der Waals surface area contributed by atoms with E-state index in [-0.39, 0.29) is 5.84 Å². The number of nitrogens with one attached hydrogen (secondary N) is 2. The zero-order valence-corrected chi connectivity index (χ0v) is 9.01. The van der Waals surface area contributed by atoms with E-state index in [1.54, 1.807) is 16.9 Å². The lowest BCUT2D eigenvalue weighted by atomic mass is 10.1. The van der Waals surface area contributed by atoms with Crippen molar-refractivity contribution in [2.45, 2.75) is 0 Å². The van der Waals surface area contributed by atoms with Crippen molar-refractivity contribution in [1.82, 2.24) is 14.6 Å². The Morgan fingerprint density at radius 2 is 2.06 bits per heavy atom. The Morgan fingerprint density at radius 3 is 2.76 bits per heavy atom. The van der Waals surface area contributed by atoms with E-state index in [1.165, 1.54) is 0 Å². The molecule has 5 nitrogen and oxygen atoms in total. The number of aromatic nitrogens is 3. The van der Waals surface area contributed by atoms with Crippen LogP contribution < -0.4 is 5.73 Å². The van der Waals surface area contributed by atoms with Gasteiger partial charge in [0.25, 0.3) is 0 Å². The van der Waals surface area contributed by atoms with Gasteiger partial charge in [0.15, 0.2) is 5.65 Å². The summed E-state index contributed by atoms with van der Waals surface area (Å²) >= 11 is 0. The number of imidazole rings is 1. The fraction of sp³-hybridized carbons (Fsp3) is 0. The normalized spacial score (nSPS) is 10.8. The number of hydrogen-bond donors (Lipinski definition) is 3. The van der Waals surface area contributed by atoms with Crippen molar-refractivity contribution in [3.8, 4) is 11.3 Å². The molecule has 0 bridgehead atoms. The van der Waals surface area contributed by atoms with E-state index in [0.29, 0.717) is 11.2 Å². The minimum Gasteiger partial charge on any atom is -0.384 e. The summed E-state index contributed by atoms with van der Waals surface area (Å²) in [5.41, 5.74) is 8.76. The second kappa shape index (κ2) is 3.48. The third kappa shape index (κ3) is 1.40. The second-order valence-corrected chi connectivity index (χ2v) is 3.76. The first-order chi connectivity index (χ1) is 8.27. The number of rotatable bonds is 2. The van der Waals surface area contributed by atoms with E-state index in [4.69, 9.17) is 11.1 Å². The first kappa shape index (κ1) is 9.65. The molecule has 3 aromatic rings. The summed E-state index contributed by atoms with van der Waals surface area (Å²) < 4.78 is 1.76. The van der Waals surface area contributed by atoms with Crippen LogP contribution in [0.3, 0.4) is 0 Å². The van der Waals surface area contributed by atoms with Gasteiger partial charge in [0, 0.05) is 18.0 Å². The molecule has 0 fully saturated rings. The van der Waals surface area contributed by atoms with Crippen LogP contribution in [0.2, 0.25) is 0 Å². The maximum Gasteiger partial charge on any atom is 0.164 e. The van der Waals surface area contributed by atoms with Crippen LogP contribution in [0.4, 0.5) is 0 Å². The third-order valence-electron chi connectivity index (χ3n) is 2.68. The van der Waals surface area contributed by atoms with Crippen molar-refractivity contribution >= 4 is 11.5 Å². The van der Waals surface area contributed by atoms with Crippen LogP contribution in [-0.2, 0) is 0 Å². The van der Waals surface area contributed by atoms with Crippen LogP contribution in [0.15, 0.2) is 42.7 Å². The molecule has 4 N–H and O–H groups in total. The van der Waals surface area contributed by atoms with E-state index >= 15 is 0 Å². The summed E-state index contributed by atoms with van der Waals surface area (Å²) in [5.74, 6) is 0.0151. The van der Waals surface area contributed by atoms with Gasteiger partial charge >= 0.3 is 0 Å². The largest absolute Gasteiger partial charge is 0.384 e. The van der Waals surface area contributed by atoms with Gasteiger partial charge in [0.1, 0.15) is 5.84 Å². The molecule has 1 aromatic carbocycles. The molecule has 0 aliphatic rings. The van der Waals surface area contributed by atoms with Crippen LogP contribution in [-0.4, -0.2) is 20.4 Å². The van der Waals surface area contributed by atoms with E-state index in [1.807, 2.05) is 30.3 Å². The second-order valence-electron chi connectivity index (χ2n) is 3.76. The standard InChI is InChI=1S/C12H11N5/c13-11(14)9-10(8-4-2-1-3-5-8)16-17-7-6-15-12(9)17/h1-7,16H,(H3,13,14). The quantitative estimate of drug-likeness (QED) is 0.457. The van der Waals surface area contributed by atoms with Crippen molar-refractivity contribution < 1.29 is 0 Å². The SMILES string of the molecule is N=C(N)c1c(-c2ccccc2)[nH]n2ccnc12. The topological polar surface area (TPSA) is 83.0 Å². The first-order valence-corrected chi connectivity index (χ1v) is 5.22. The van der Waals surface area contributed by atoms with Gasteiger partial charge in [-0.15, -0.1) is 0 Å². The van der Waals surface area contributed by atoms with E-state index in [9.17, 15) is 0 Å². The van der Waals surface area contributed by atoms with Gasteiger partial charge in [-0.1, -0.05) is 30.3 Å². The Hall–Kier alpha value is -2.56. The number of fused-ring (bicyclic) bond motifs is 1. The first-order valence-electron chi connectivity index (χ1n) is 5.22. The number of hydrogen-bond acceptors (Lipinski definition) is 2. The van der Waals surface area contributed by atoms with Crippen LogP contribution in [0.5, 0.6) is 0 Å². The minimum absolute atomic E-state index is 0.0151. The monoisotopic (exact) mass is 225 g/mol. The summed E-state index contributed by atoms with van der Waals surface area (Å²) in [4.78, 5) is 4.20. The molecule has 84 valence electrons. The van der Waals surface area contributed by atoms with E-state index in [0.717, 1.165) is 11.3 Å². The predicted octanol–water partition coefficient (Wildman–Crippen LogP) is 1.61. The highest BCUT2D eigenvalue weighted by Gasteiger charge is 2.16. The van der Waals surface area contributed by atoms with E-state index < -0.39 is 0 Å². The molecular weight excluding hydrogens is 214 g/mol. The number of aromatic amines is 1. The molecule has 0 saturated carbocycles. The Morgan fingerprint density at radius 1 is 1.29 bits per heavy atom. The summed E-state index contributed by atoms with van der Waals surface area (Å²) in [6.07, 6.45) is 3.47. The number of nitrogens with two attached hydrogens (primary N) is 1. The molecule has 0 amide bonds. The van der Waals surface area contributed by atoms with Gasteiger partial charge in [-0.3, -0.25) is 10.5 Å². The summed E-state index contributed by atoms with van der Waals surface area (Å²) in [6.45, 7) is 0. The van der Waals surface area contributed by atoms with Crippen molar-refractivity contribution in [3.63, 3.8) is 0 Å². The Bertz CT molecular complexity index is 677. The van der Waals surface area contributed by atoms with Gasteiger partial charge in [0.05, 0.1) is 11.3 Å². The molecule has 17 heavy (non-hydrogen) atoms. The molecule has 0 atom stereocenters. The molecule has 5 heteroatoms. The van der Waals surface area contributed by atoms with Crippen LogP contribution in [0, 0.1) is 5.41 Å². The summed E-state index contributed by atoms with van der Waals surface area (Å²) in [6, 6.07) is 9.78. The predicted molar refractivity (Wildman–Crippen MR) is 66.0 cm³/mol. The highest BCUT2D eigenvalue weighted by atomic mass is 15.3. The molecule has 3 rings (SSSR count). The summed E-state index contributed by atoms with van der Waals surface area (Å²) in [7, 11) is 0. The van der Waals surface area contributed by atoms with Crippen molar-refractivity contribution in [2.75, 3.05) is 0 Å². The smallest absolute Gasteiger partial charge is 0.164 e. The number of amidine groups is 1. The average Bonchev–Trinajstić information content (AvgIpc) is 2.88. The lowest BCUT2D eigenvalue weighted by Crippen LogP contribution is -2.12. The number of benzene rings is 1. The Balaban J connectivity index is 2.33. The van der Waals surface area contributed by atoms with Crippen LogP contribution in [0.1, 0.15) is 5.56 Å². The number of H-pyrrole nitrogens is 1. The van der Waals surface area contributed by atoms with Gasteiger partial charge in [-0.25, -0.2) is 9.50 Å². The van der Waals surface area contributed by atoms with Gasteiger partial charge in [-0.05, 0) is 0 Å². The molecule has 2 aromatic heterocycles. The van der Waals surface area contributed by atoms with Crippen molar-refractivity contribution in [1.29, 1.82) is 5.41 Å². The van der Waals surface area contributed by atoms with Crippen LogP contribution >= 0.6 is 0 Å². The van der Waals surface area contributed by atoms with Gasteiger partial charge < -0.3 is 5.73 Å². The zero-order chi connectivity index (χ0) is 11.8. The lowest BCUT2D eigenvalue weighted by Gasteiger charge is -2.01. The molecule has 0 aliphatic carbocycles. The Kier molecular flexibility index (Phi) is 1.98. The zero-order valence-electron chi connectivity index (χ0n) is 9.01. The van der Waals surface area contributed by atoms with Gasteiger partial charge in [0.2, 0.25) is 0 Å². The fourth-order valence-electron chi connectivity index (χ4n) is 1.94. The minimum atomic E-state index is 0.0151. The molecular formula is C12H11N5. The van der Waals surface area contributed by atoms with Crippen molar-refractivity contribution in [2.24, 2.45) is 5.73 Å². The lowest BCUT2D eigenvalue weighted by molar-refractivity contribution is 0.978. The molecule has 0 spiro atoms. The van der Waals surface area contributed by atoms with E-state index in [2.05, 4.69) is 10.1 Å². The average molecular weight is 225 g/mol. The fourth-order valence-corrected chi connectivity index (χ4v) is 1.94. The van der Waals surface area contributed by atoms with Gasteiger partial charge in [-0.2, -0.15) is 0 Å². The molecule has 0 unspecified atom stereocenters. The molecule has 0 radical (unpaired) electrons. The molecule has 0 aliphatic heterocycles. The third-order valence-corrected chi connectivity index (χ3v) is 2.68. The number of nitrogens with zero attached hydrogens (tertiary/aromatic N) is 2. The number of nitrogen functional groups attached to an aromatic ring is 1. The maximum atomic E-state index is 7.67. The van der Waals surface area contributed by atoms with Crippen molar-refractivity contribution in [3.05, 3.63) is 48.3 Å². The highest BCUT2D eigenvalue weighted by molar-refractivity contribution is 6.06. The maximum absolute atomic E-state index is 7.67. The van der Waals surface area contributed by atoms with Crippen LogP contribution in [0.25, 0.3) is 16.9 Å². The Labute approximate surface area is 97.4 Å². The molecule has 2 heterocycles. The molecule has 0 saturated heterocycles. The highest BCUT2D eigenvalue weighted by Crippen LogP contribution is 2.24.